The molecule has 0 unspecified atom stereocenters. The summed E-state index contributed by atoms with van der Waals surface area (Å²) in [6.45, 7) is 1.88. The molecule has 0 saturated heterocycles. The summed E-state index contributed by atoms with van der Waals surface area (Å²) in [6.07, 6.45) is 2.90. The highest BCUT2D eigenvalue weighted by atomic mass is 32.2. The molecule has 0 spiro atoms. The minimum absolute atomic E-state index is 0.176. The third-order valence-electron chi connectivity index (χ3n) is 2.41. The monoisotopic (exact) mass is 309 g/mol. The fraction of sp³-hybridized carbons (Fsp3) is 0.0769. The summed E-state index contributed by atoms with van der Waals surface area (Å²) >= 11 is 0. The van der Waals surface area contributed by atoms with E-state index in [-0.39, 0.29) is 10.5 Å². The van der Waals surface area contributed by atoms with Crippen LogP contribution < -0.4 is 10.7 Å². The number of benzene rings is 1. The number of nitrogens with zero attached hydrogens (tertiary/aromatic N) is 1. The number of carbonyl (C=O) groups is 1. The second-order valence-corrected chi connectivity index (χ2v) is 5.69. The predicted octanol–water partition coefficient (Wildman–Crippen LogP) is 0.927. The maximum atomic E-state index is 11.1. The number of hydrogen-bond donors (Lipinski definition) is 3. The molecule has 0 fully saturated rings. The van der Waals surface area contributed by atoms with E-state index in [1.165, 1.54) is 36.7 Å². The first-order valence-electron chi connectivity index (χ1n) is 5.79. The molecule has 1 aromatic heterocycles. The number of aromatic nitrogens is 1. The lowest BCUT2D eigenvalue weighted by molar-refractivity contribution is 0.0696. The lowest BCUT2D eigenvalue weighted by Crippen LogP contribution is -2.30. The molecule has 0 radical (unpaired) electrons. The van der Waals surface area contributed by atoms with Crippen LogP contribution in [0.25, 0.3) is 0 Å². The van der Waals surface area contributed by atoms with E-state index in [4.69, 9.17) is 10.9 Å². The van der Waals surface area contributed by atoms with Gasteiger partial charge in [0.25, 0.3) is 10.0 Å². The van der Waals surface area contributed by atoms with Crippen molar-refractivity contribution in [1.82, 2.24) is 9.82 Å². The van der Waals surface area contributed by atoms with Gasteiger partial charge in [0.05, 0.1) is 10.5 Å². The molecule has 1 heterocycles. The largest absolute Gasteiger partial charge is 0.478 e. The Balaban J connectivity index is 0.000000219. The first-order valence-corrected chi connectivity index (χ1v) is 7.27. The highest BCUT2D eigenvalue weighted by molar-refractivity contribution is 7.89. The predicted molar refractivity (Wildman–Crippen MR) is 76.9 cm³/mol. The molecule has 0 aliphatic rings. The highest BCUT2D eigenvalue weighted by Gasteiger charge is 2.09. The number of carboxylic acid groups (broad SMARTS) is 1. The Morgan fingerprint density at radius 3 is 2.05 bits per heavy atom. The molecule has 21 heavy (non-hydrogen) atoms. The van der Waals surface area contributed by atoms with Crippen LogP contribution in [0, 0.1) is 6.92 Å². The van der Waals surface area contributed by atoms with Gasteiger partial charge >= 0.3 is 5.97 Å². The van der Waals surface area contributed by atoms with E-state index in [9.17, 15) is 13.2 Å². The normalized spacial score (nSPS) is 10.4. The highest BCUT2D eigenvalue weighted by Crippen LogP contribution is 2.08. The maximum Gasteiger partial charge on any atom is 0.335 e. The van der Waals surface area contributed by atoms with Gasteiger partial charge in [-0.05, 0) is 31.2 Å². The van der Waals surface area contributed by atoms with Crippen LogP contribution in [0.4, 0.5) is 0 Å². The van der Waals surface area contributed by atoms with Gasteiger partial charge in [-0.25, -0.2) is 13.2 Å². The van der Waals surface area contributed by atoms with Crippen LogP contribution in [0.2, 0.25) is 0 Å². The number of rotatable bonds is 3. The van der Waals surface area contributed by atoms with Crippen molar-refractivity contribution >= 4 is 16.0 Å². The molecule has 2 aromatic rings. The second kappa shape index (κ2) is 7.48. The van der Waals surface area contributed by atoms with Gasteiger partial charge in [-0.15, -0.1) is 0 Å². The number of hydrogen-bond acceptors (Lipinski definition) is 5. The molecule has 4 N–H and O–H groups in total. The van der Waals surface area contributed by atoms with Crippen molar-refractivity contribution in [2.24, 2.45) is 5.84 Å². The van der Waals surface area contributed by atoms with Gasteiger partial charge in [-0.3, -0.25) is 10.8 Å². The summed E-state index contributed by atoms with van der Waals surface area (Å²) < 4.78 is 22.2. The first kappa shape index (κ1) is 16.8. The number of sulfonamides is 1. The Labute approximate surface area is 122 Å². The van der Waals surface area contributed by atoms with Crippen LogP contribution in [0.1, 0.15) is 15.9 Å². The average molecular weight is 309 g/mol. The van der Waals surface area contributed by atoms with Gasteiger partial charge in [0.15, 0.2) is 0 Å². The molecule has 112 valence electrons. The van der Waals surface area contributed by atoms with Crippen molar-refractivity contribution in [3.8, 4) is 0 Å². The average Bonchev–Trinajstić information content (AvgIpc) is 2.49. The number of hydrazine groups is 1. The fourth-order valence-electron chi connectivity index (χ4n) is 1.28. The third kappa shape index (κ3) is 5.30. The number of aryl methyl sites for hydroxylation is 1. The second-order valence-electron chi connectivity index (χ2n) is 3.98. The minimum atomic E-state index is -3.49. The van der Waals surface area contributed by atoms with E-state index < -0.39 is 16.0 Å². The Kier molecular flexibility index (Phi) is 5.97. The van der Waals surface area contributed by atoms with Crippen molar-refractivity contribution in [1.29, 1.82) is 0 Å². The summed E-state index contributed by atoms with van der Waals surface area (Å²) in [6, 6.07) is 9.33. The Bertz CT molecular complexity index is 685. The Morgan fingerprint density at radius 2 is 1.67 bits per heavy atom. The molecular weight excluding hydrogens is 294 g/mol. The van der Waals surface area contributed by atoms with E-state index in [1.54, 1.807) is 17.0 Å². The smallest absolute Gasteiger partial charge is 0.335 e. The Hall–Kier alpha value is -2.29. The molecule has 0 aliphatic carbocycles. The van der Waals surface area contributed by atoms with Crippen LogP contribution in [-0.4, -0.2) is 24.5 Å². The number of carboxylic acids is 1. The van der Waals surface area contributed by atoms with Crippen molar-refractivity contribution in [2.45, 2.75) is 11.8 Å². The lowest BCUT2D eigenvalue weighted by atomic mass is 10.2. The van der Waals surface area contributed by atoms with Gasteiger partial charge < -0.3 is 5.11 Å². The zero-order chi connectivity index (χ0) is 15.9. The van der Waals surface area contributed by atoms with E-state index in [0.29, 0.717) is 0 Å². The number of pyridine rings is 1. The van der Waals surface area contributed by atoms with Gasteiger partial charge in [-0.1, -0.05) is 17.7 Å². The fourth-order valence-corrected chi connectivity index (χ4v) is 1.91. The Morgan fingerprint density at radius 1 is 1.14 bits per heavy atom. The lowest BCUT2D eigenvalue weighted by Gasteiger charge is -2.01. The SMILES string of the molecule is Cc1ccc(S(=O)(=O)NN)cc1.O=C(O)c1ccncc1. The van der Waals surface area contributed by atoms with Crippen molar-refractivity contribution in [2.75, 3.05) is 0 Å². The first-order chi connectivity index (χ1) is 9.86. The van der Waals surface area contributed by atoms with Crippen LogP contribution >= 0.6 is 0 Å². The summed E-state index contributed by atoms with van der Waals surface area (Å²) in [5.74, 6) is 3.92. The van der Waals surface area contributed by atoms with Gasteiger partial charge in [0.1, 0.15) is 0 Å². The molecular formula is C13H15N3O4S. The topological polar surface area (TPSA) is 122 Å². The zero-order valence-corrected chi connectivity index (χ0v) is 12.0. The van der Waals surface area contributed by atoms with Crippen molar-refractivity contribution in [3.63, 3.8) is 0 Å². The molecule has 0 bridgehead atoms. The molecule has 8 heteroatoms. The minimum Gasteiger partial charge on any atom is -0.478 e. The molecule has 0 aliphatic heterocycles. The van der Waals surface area contributed by atoms with Gasteiger partial charge in [-0.2, -0.15) is 4.83 Å². The maximum absolute atomic E-state index is 11.1. The van der Waals surface area contributed by atoms with E-state index in [1.807, 2.05) is 6.92 Å². The molecule has 0 saturated carbocycles. The van der Waals surface area contributed by atoms with Crippen LogP contribution in [0.3, 0.4) is 0 Å². The summed E-state index contributed by atoms with van der Waals surface area (Å²) in [4.78, 5) is 15.8. The standard InChI is InChI=1S/C7H10N2O2S.C6H5NO2/c1-6-2-4-7(5-3-6)12(10,11)9-8;8-6(9)5-1-3-7-4-2-5/h2-5,9H,8H2,1H3;1-4H,(H,8,9). The van der Waals surface area contributed by atoms with E-state index >= 15 is 0 Å². The molecule has 0 amide bonds. The number of nitrogens with one attached hydrogen (secondary N) is 1. The van der Waals surface area contributed by atoms with E-state index in [2.05, 4.69) is 4.98 Å². The van der Waals surface area contributed by atoms with Crippen molar-refractivity contribution < 1.29 is 18.3 Å². The van der Waals surface area contributed by atoms with Gasteiger partial charge in [0.2, 0.25) is 0 Å². The van der Waals surface area contributed by atoms with Crippen LogP contribution in [0.5, 0.6) is 0 Å². The van der Waals surface area contributed by atoms with Crippen molar-refractivity contribution in [3.05, 3.63) is 59.9 Å². The quantitative estimate of drug-likeness (QED) is 0.572. The summed E-state index contributed by atoms with van der Waals surface area (Å²) in [5, 5.41) is 8.36. The summed E-state index contributed by atoms with van der Waals surface area (Å²) in [7, 11) is -3.49. The summed E-state index contributed by atoms with van der Waals surface area (Å²) in [5.41, 5.74) is 1.27. The third-order valence-corrected chi connectivity index (χ3v) is 3.62. The zero-order valence-electron chi connectivity index (χ0n) is 11.2. The molecule has 7 nitrogen and oxygen atoms in total. The number of nitrogens with two attached hydrogens (primary N) is 1. The van der Waals surface area contributed by atoms with E-state index in [0.717, 1.165) is 5.56 Å². The molecule has 1 aromatic carbocycles. The van der Waals surface area contributed by atoms with Crippen LogP contribution in [-0.2, 0) is 10.0 Å². The molecule has 2 rings (SSSR count). The molecule has 0 atom stereocenters. The van der Waals surface area contributed by atoms with Crippen LogP contribution in [0.15, 0.2) is 53.7 Å². The number of aromatic carboxylic acids is 1. The van der Waals surface area contributed by atoms with Gasteiger partial charge in [0, 0.05) is 12.4 Å².